The van der Waals surface area contributed by atoms with Gasteiger partial charge in [-0.3, -0.25) is 9.52 Å². The lowest BCUT2D eigenvalue weighted by molar-refractivity contribution is 0.0773. The maximum absolute atomic E-state index is 13.0. The van der Waals surface area contributed by atoms with Gasteiger partial charge in [0.2, 0.25) is 0 Å². The number of nitrogens with zero attached hydrogens (tertiary/aromatic N) is 1. The van der Waals surface area contributed by atoms with Gasteiger partial charge in [-0.05, 0) is 66.7 Å². The molecule has 7 nitrogen and oxygen atoms in total. The van der Waals surface area contributed by atoms with E-state index in [-0.39, 0.29) is 28.7 Å². The van der Waals surface area contributed by atoms with Gasteiger partial charge in [0, 0.05) is 18.3 Å². The first-order chi connectivity index (χ1) is 15.3. The minimum Gasteiger partial charge on any atom is -0.497 e. The molecule has 0 bridgehead atoms. The summed E-state index contributed by atoms with van der Waals surface area (Å²) in [6.07, 6.45) is 0. The zero-order chi connectivity index (χ0) is 23.1. The van der Waals surface area contributed by atoms with E-state index >= 15 is 0 Å². The van der Waals surface area contributed by atoms with Crippen LogP contribution in [0, 0.1) is 5.82 Å². The van der Waals surface area contributed by atoms with Crippen molar-refractivity contribution in [1.82, 2.24) is 4.90 Å². The van der Waals surface area contributed by atoms with Crippen molar-refractivity contribution in [2.75, 3.05) is 32.0 Å². The van der Waals surface area contributed by atoms with Gasteiger partial charge in [-0.2, -0.15) is 0 Å². The number of amides is 1. The molecular formula is C23H23FN2O5S. The van der Waals surface area contributed by atoms with Crippen LogP contribution in [0.5, 0.6) is 11.5 Å². The summed E-state index contributed by atoms with van der Waals surface area (Å²) in [4.78, 5) is 14.1. The number of ether oxygens (including phenoxy) is 2. The predicted molar refractivity (Wildman–Crippen MR) is 119 cm³/mol. The number of methoxy groups -OCH3 is 1. The van der Waals surface area contributed by atoms with Crippen molar-refractivity contribution in [3.63, 3.8) is 0 Å². The Morgan fingerprint density at radius 1 is 1.00 bits per heavy atom. The highest BCUT2D eigenvalue weighted by Crippen LogP contribution is 2.19. The summed E-state index contributed by atoms with van der Waals surface area (Å²) in [6, 6.07) is 17.7. The lowest BCUT2D eigenvalue weighted by Crippen LogP contribution is -2.31. The number of rotatable bonds is 9. The molecule has 0 aliphatic heterocycles. The van der Waals surface area contributed by atoms with E-state index in [0.717, 1.165) is 12.1 Å². The van der Waals surface area contributed by atoms with Crippen LogP contribution in [-0.4, -0.2) is 46.5 Å². The summed E-state index contributed by atoms with van der Waals surface area (Å²) in [5.41, 5.74) is 0.440. The van der Waals surface area contributed by atoms with E-state index in [9.17, 15) is 17.6 Å². The average molecular weight is 459 g/mol. The molecule has 0 radical (unpaired) electrons. The Kier molecular flexibility index (Phi) is 7.32. The zero-order valence-corrected chi connectivity index (χ0v) is 18.4. The summed E-state index contributed by atoms with van der Waals surface area (Å²) in [6.45, 7) is 0.564. The van der Waals surface area contributed by atoms with E-state index in [1.54, 1.807) is 44.5 Å². The van der Waals surface area contributed by atoms with Gasteiger partial charge >= 0.3 is 0 Å². The third kappa shape index (κ3) is 5.98. The number of carbonyl (C=O) groups is 1. The largest absolute Gasteiger partial charge is 0.497 e. The topological polar surface area (TPSA) is 84.9 Å². The average Bonchev–Trinajstić information content (AvgIpc) is 2.80. The Balaban J connectivity index is 1.62. The summed E-state index contributed by atoms with van der Waals surface area (Å²) in [7, 11) is -0.757. The molecule has 1 amide bonds. The molecule has 0 spiro atoms. The first kappa shape index (κ1) is 23.1. The first-order valence-electron chi connectivity index (χ1n) is 9.69. The van der Waals surface area contributed by atoms with Crippen molar-refractivity contribution < 1.29 is 27.1 Å². The Labute approximate surface area is 186 Å². The van der Waals surface area contributed by atoms with Crippen molar-refractivity contribution in [3.05, 3.63) is 84.2 Å². The lowest BCUT2D eigenvalue weighted by atomic mass is 10.2. The molecule has 0 unspecified atom stereocenters. The second kappa shape index (κ2) is 10.1. The number of nitrogens with one attached hydrogen (secondary N) is 1. The highest BCUT2D eigenvalue weighted by molar-refractivity contribution is 7.92. The van der Waals surface area contributed by atoms with Gasteiger partial charge in [0.05, 0.1) is 18.6 Å². The standard InChI is InChI=1S/C23H23FN2O5S/c1-26(14-15-31-21-12-10-20(30-2)11-13-21)23(27)17-4-3-5-22(16-17)32(28,29)25-19-8-6-18(24)7-9-19/h3-13,16,25H,14-15H2,1-2H3. The van der Waals surface area contributed by atoms with Crippen LogP contribution in [0.25, 0.3) is 0 Å². The molecule has 0 saturated carbocycles. The SMILES string of the molecule is COc1ccc(OCCN(C)C(=O)c2cccc(S(=O)(=O)Nc3ccc(F)cc3)c2)cc1. The van der Waals surface area contributed by atoms with Gasteiger partial charge in [-0.15, -0.1) is 0 Å². The van der Waals surface area contributed by atoms with Gasteiger partial charge in [0.25, 0.3) is 15.9 Å². The lowest BCUT2D eigenvalue weighted by Gasteiger charge is -2.18. The molecule has 0 heterocycles. The second-order valence-corrected chi connectivity index (χ2v) is 8.57. The number of sulfonamides is 1. The van der Waals surface area contributed by atoms with Crippen LogP contribution in [0.15, 0.2) is 77.7 Å². The Morgan fingerprint density at radius 2 is 1.66 bits per heavy atom. The molecule has 32 heavy (non-hydrogen) atoms. The third-order valence-corrected chi connectivity index (χ3v) is 5.97. The molecule has 3 aromatic carbocycles. The number of hydrogen-bond donors (Lipinski definition) is 1. The van der Waals surface area contributed by atoms with Crippen LogP contribution in [0.3, 0.4) is 0 Å². The van der Waals surface area contributed by atoms with Crippen LogP contribution in [0.4, 0.5) is 10.1 Å². The van der Waals surface area contributed by atoms with Crippen molar-refractivity contribution in [2.24, 2.45) is 0 Å². The van der Waals surface area contributed by atoms with E-state index < -0.39 is 15.8 Å². The molecule has 0 aromatic heterocycles. The maximum Gasteiger partial charge on any atom is 0.261 e. The second-order valence-electron chi connectivity index (χ2n) is 6.89. The van der Waals surface area contributed by atoms with E-state index in [2.05, 4.69) is 4.72 Å². The minimum atomic E-state index is -3.94. The van der Waals surface area contributed by atoms with Crippen LogP contribution >= 0.6 is 0 Å². The minimum absolute atomic E-state index is 0.0736. The van der Waals surface area contributed by atoms with Gasteiger partial charge in [0.15, 0.2) is 0 Å². The van der Waals surface area contributed by atoms with Crippen molar-refractivity contribution in [2.45, 2.75) is 4.90 Å². The molecule has 0 saturated heterocycles. The van der Waals surface area contributed by atoms with Crippen LogP contribution in [-0.2, 0) is 10.0 Å². The highest BCUT2D eigenvalue weighted by Gasteiger charge is 2.18. The van der Waals surface area contributed by atoms with Gasteiger partial charge in [-0.25, -0.2) is 12.8 Å². The number of likely N-dealkylation sites (N-methyl/N-ethyl adjacent to an activating group) is 1. The molecule has 3 aromatic rings. The Morgan fingerprint density at radius 3 is 2.31 bits per heavy atom. The fraction of sp³-hybridized carbons (Fsp3) is 0.174. The molecule has 0 aliphatic rings. The summed E-state index contributed by atoms with van der Waals surface area (Å²) >= 11 is 0. The predicted octanol–water partition coefficient (Wildman–Crippen LogP) is 3.79. The molecule has 9 heteroatoms. The smallest absolute Gasteiger partial charge is 0.261 e. The Bertz CT molecular complexity index is 1170. The summed E-state index contributed by atoms with van der Waals surface area (Å²) in [5, 5.41) is 0. The van der Waals surface area contributed by atoms with Gasteiger partial charge in [0.1, 0.15) is 23.9 Å². The quantitative estimate of drug-likeness (QED) is 0.528. The van der Waals surface area contributed by atoms with Crippen LogP contribution < -0.4 is 14.2 Å². The van der Waals surface area contributed by atoms with Crippen molar-refractivity contribution in [1.29, 1.82) is 0 Å². The van der Waals surface area contributed by atoms with E-state index in [4.69, 9.17) is 9.47 Å². The fourth-order valence-corrected chi connectivity index (χ4v) is 3.93. The highest BCUT2D eigenvalue weighted by atomic mass is 32.2. The molecule has 1 N–H and O–H groups in total. The number of carbonyl (C=O) groups excluding carboxylic acids is 1. The number of hydrogen-bond acceptors (Lipinski definition) is 5. The van der Waals surface area contributed by atoms with Crippen LogP contribution in [0.2, 0.25) is 0 Å². The first-order valence-corrected chi connectivity index (χ1v) is 11.2. The van der Waals surface area contributed by atoms with E-state index in [1.165, 1.54) is 35.2 Å². The number of anilines is 1. The van der Waals surface area contributed by atoms with Crippen molar-refractivity contribution >= 4 is 21.6 Å². The molecule has 0 aliphatic carbocycles. The van der Waals surface area contributed by atoms with Gasteiger partial charge < -0.3 is 14.4 Å². The van der Waals surface area contributed by atoms with Gasteiger partial charge in [-0.1, -0.05) is 6.07 Å². The third-order valence-electron chi connectivity index (χ3n) is 4.59. The fourth-order valence-electron chi connectivity index (χ4n) is 2.82. The normalized spacial score (nSPS) is 11.0. The zero-order valence-electron chi connectivity index (χ0n) is 17.6. The molecule has 0 atom stereocenters. The van der Waals surface area contributed by atoms with E-state index in [0.29, 0.717) is 18.0 Å². The van der Waals surface area contributed by atoms with E-state index in [1.807, 2.05) is 0 Å². The number of benzene rings is 3. The molecular weight excluding hydrogens is 435 g/mol. The monoisotopic (exact) mass is 458 g/mol. The Hall–Kier alpha value is -3.59. The summed E-state index contributed by atoms with van der Waals surface area (Å²) in [5.74, 6) is 0.543. The molecule has 168 valence electrons. The maximum atomic E-state index is 13.0. The van der Waals surface area contributed by atoms with Crippen molar-refractivity contribution in [3.8, 4) is 11.5 Å². The molecule has 3 rings (SSSR count). The molecule has 0 fully saturated rings. The van der Waals surface area contributed by atoms with Crippen LogP contribution in [0.1, 0.15) is 10.4 Å². The summed E-state index contributed by atoms with van der Waals surface area (Å²) < 4.78 is 51.4. The number of halogens is 1.